The standard InChI is InChI=1S/C12H16BrN/c1-9-7-12(14-8-11(9)13)10-5-3-2-4-6-10/h3,5,7-11H,2,4,6H2,1H3. The van der Waals surface area contributed by atoms with Crippen molar-refractivity contribution in [3.63, 3.8) is 0 Å². The van der Waals surface area contributed by atoms with Gasteiger partial charge in [-0.3, -0.25) is 4.99 Å². The van der Waals surface area contributed by atoms with Gasteiger partial charge in [0.05, 0.1) is 4.83 Å². The summed E-state index contributed by atoms with van der Waals surface area (Å²) in [7, 11) is 0. The van der Waals surface area contributed by atoms with Crippen LogP contribution < -0.4 is 0 Å². The maximum absolute atomic E-state index is 4.52. The van der Waals surface area contributed by atoms with Crippen molar-refractivity contribution >= 4 is 22.1 Å². The van der Waals surface area contributed by atoms with Crippen LogP contribution in [-0.4, -0.2) is 11.0 Å². The molecule has 1 aliphatic carbocycles. The molecule has 2 rings (SSSR count). The highest BCUT2D eigenvalue weighted by atomic mass is 79.9. The first-order chi connectivity index (χ1) is 6.77. The molecule has 0 saturated heterocycles. The molecule has 0 fully saturated rings. The highest BCUT2D eigenvalue weighted by Crippen LogP contribution is 2.29. The second kappa shape index (κ2) is 4.43. The summed E-state index contributed by atoms with van der Waals surface area (Å²) in [5, 5.41) is 0. The fourth-order valence-corrected chi connectivity index (χ4v) is 2.25. The van der Waals surface area contributed by atoms with E-state index in [0.29, 0.717) is 16.7 Å². The second-order valence-corrected chi connectivity index (χ2v) is 5.20. The Kier molecular flexibility index (Phi) is 3.22. The molecular formula is C12H16BrN. The molecule has 2 heteroatoms. The van der Waals surface area contributed by atoms with Gasteiger partial charge in [0, 0.05) is 17.8 Å². The lowest BCUT2D eigenvalue weighted by atomic mass is 9.90. The van der Waals surface area contributed by atoms with Gasteiger partial charge in [-0.1, -0.05) is 41.1 Å². The number of hydrogen-bond donors (Lipinski definition) is 0. The zero-order valence-corrected chi connectivity index (χ0v) is 10.1. The Bertz CT molecular complexity index is 291. The highest BCUT2D eigenvalue weighted by Gasteiger charge is 2.19. The van der Waals surface area contributed by atoms with Gasteiger partial charge in [0.2, 0.25) is 0 Å². The molecule has 0 N–H and O–H groups in total. The largest absolute Gasteiger partial charge is 0.264 e. The predicted molar refractivity (Wildman–Crippen MR) is 64.9 cm³/mol. The minimum Gasteiger partial charge on any atom is -0.264 e. The van der Waals surface area contributed by atoms with E-state index >= 15 is 0 Å². The Labute approximate surface area is 94.1 Å². The van der Waals surface area contributed by atoms with Crippen molar-refractivity contribution in [3.05, 3.63) is 23.9 Å². The number of alkyl halides is 1. The van der Waals surface area contributed by atoms with Crippen molar-refractivity contribution in [1.29, 1.82) is 0 Å². The fraction of sp³-hybridized carbons (Fsp3) is 0.583. The molecule has 3 atom stereocenters. The number of allylic oxidation sites excluding steroid dienone is 3. The van der Waals surface area contributed by atoms with Gasteiger partial charge in [-0.2, -0.15) is 0 Å². The van der Waals surface area contributed by atoms with Gasteiger partial charge < -0.3 is 0 Å². The summed E-state index contributed by atoms with van der Waals surface area (Å²) >= 11 is 3.59. The average Bonchev–Trinajstić information content (AvgIpc) is 2.23. The number of aliphatic imine (C=N–C) groups is 1. The lowest BCUT2D eigenvalue weighted by molar-refractivity contribution is 0.589. The van der Waals surface area contributed by atoms with Gasteiger partial charge in [-0.25, -0.2) is 0 Å². The van der Waals surface area contributed by atoms with Gasteiger partial charge in [0.25, 0.3) is 0 Å². The first kappa shape index (κ1) is 10.2. The van der Waals surface area contributed by atoms with Crippen LogP contribution in [0.25, 0.3) is 0 Å². The van der Waals surface area contributed by atoms with Gasteiger partial charge in [0.15, 0.2) is 0 Å². The monoisotopic (exact) mass is 253 g/mol. The van der Waals surface area contributed by atoms with E-state index in [0.717, 1.165) is 0 Å². The van der Waals surface area contributed by atoms with E-state index in [4.69, 9.17) is 0 Å². The van der Waals surface area contributed by atoms with E-state index in [2.05, 4.69) is 46.1 Å². The molecule has 76 valence electrons. The molecule has 0 aromatic carbocycles. The van der Waals surface area contributed by atoms with Crippen LogP contribution in [0, 0.1) is 11.8 Å². The van der Waals surface area contributed by atoms with Gasteiger partial charge in [-0.05, 0) is 25.2 Å². The van der Waals surface area contributed by atoms with Crippen LogP contribution in [0.5, 0.6) is 0 Å². The third-order valence-corrected chi connectivity index (χ3v) is 4.01. The minimum atomic E-state index is 0.416. The first-order valence-corrected chi connectivity index (χ1v) is 6.25. The first-order valence-electron chi connectivity index (χ1n) is 5.34. The SMILES string of the molecule is CC1C=C(C2C=CCCC2)N=CC1Br. The molecule has 0 aromatic rings. The van der Waals surface area contributed by atoms with Crippen LogP contribution in [-0.2, 0) is 0 Å². The predicted octanol–water partition coefficient (Wildman–Crippen LogP) is 3.71. The van der Waals surface area contributed by atoms with E-state index in [-0.39, 0.29) is 0 Å². The highest BCUT2D eigenvalue weighted by molar-refractivity contribution is 9.10. The Balaban J connectivity index is 2.11. The molecule has 14 heavy (non-hydrogen) atoms. The van der Waals surface area contributed by atoms with Crippen molar-refractivity contribution in [2.24, 2.45) is 16.8 Å². The summed E-state index contributed by atoms with van der Waals surface area (Å²) < 4.78 is 0. The molecule has 3 unspecified atom stereocenters. The van der Waals surface area contributed by atoms with Crippen LogP contribution in [0.3, 0.4) is 0 Å². The molecule has 0 bridgehead atoms. The number of halogens is 1. The smallest absolute Gasteiger partial charge is 0.0559 e. The molecule has 0 amide bonds. The maximum Gasteiger partial charge on any atom is 0.0559 e. The van der Waals surface area contributed by atoms with Crippen molar-refractivity contribution in [3.8, 4) is 0 Å². The van der Waals surface area contributed by atoms with Crippen LogP contribution in [0.15, 0.2) is 28.9 Å². The van der Waals surface area contributed by atoms with Crippen LogP contribution in [0.4, 0.5) is 0 Å². The summed E-state index contributed by atoms with van der Waals surface area (Å²) in [5.41, 5.74) is 1.27. The number of rotatable bonds is 1. The van der Waals surface area contributed by atoms with Gasteiger partial charge in [0.1, 0.15) is 0 Å². The van der Waals surface area contributed by atoms with Crippen LogP contribution in [0.1, 0.15) is 26.2 Å². The summed E-state index contributed by atoms with van der Waals surface area (Å²) in [5.74, 6) is 1.14. The summed E-state index contributed by atoms with van der Waals surface area (Å²) in [6.45, 7) is 2.23. The van der Waals surface area contributed by atoms with Gasteiger partial charge in [-0.15, -0.1) is 0 Å². The third kappa shape index (κ3) is 2.17. The van der Waals surface area contributed by atoms with Crippen LogP contribution >= 0.6 is 15.9 Å². The van der Waals surface area contributed by atoms with E-state index in [1.54, 1.807) is 0 Å². The van der Waals surface area contributed by atoms with E-state index < -0.39 is 0 Å². The Hall–Kier alpha value is -0.370. The third-order valence-electron chi connectivity index (χ3n) is 2.94. The van der Waals surface area contributed by atoms with Crippen molar-refractivity contribution in [2.45, 2.75) is 31.0 Å². The van der Waals surface area contributed by atoms with E-state index in [1.165, 1.54) is 25.0 Å². The second-order valence-electron chi connectivity index (χ2n) is 4.14. The summed E-state index contributed by atoms with van der Waals surface area (Å²) in [4.78, 5) is 4.94. The zero-order chi connectivity index (χ0) is 9.97. The van der Waals surface area contributed by atoms with Crippen LogP contribution in [0.2, 0.25) is 0 Å². The lowest BCUT2D eigenvalue weighted by Crippen LogP contribution is -2.17. The summed E-state index contributed by atoms with van der Waals surface area (Å²) in [6.07, 6.45) is 12.7. The Morgan fingerprint density at radius 1 is 1.50 bits per heavy atom. The Morgan fingerprint density at radius 2 is 2.36 bits per heavy atom. The molecule has 1 heterocycles. The van der Waals surface area contributed by atoms with Gasteiger partial charge >= 0.3 is 0 Å². The molecule has 1 nitrogen and oxygen atoms in total. The molecule has 1 aliphatic heterocycles. The minimum absolute atomic E-state index is 0.416. The van der Waals surface area contributed by atoms with Crippen molar-refractivity contribution < 1.29 is 0 Å². The molecule has 2 aliphatic rings. The fourth-order valence-electron chi connectivity index (χ4n) is 1.98. The molecule has 0 saturated carbocycles. The van der Waals surface area contributed by atoms with E-state index in [9.17, 15) is 0 Å². The maximum atomic E-state index is 4.52. The van der Waals surface area contributed by atoms with Crippen molar-refractivity contribution in [2.75, 3.05) is 0 Å². The normalized spacial score (nSPS) is 37.0. The quantitative estimate of drug-likeness (QED) is 0.499. The number of hydrogen-bond acceptors (Lipinski definition) is 1. The zero-order valence-electron chi connectivity index (χ0n) is 8.49. The molecule has 0 radical (unpaired) electrons. The lowest BCUT2D eigenvalue weighted by Gasteiger charge is -2.22. The Morgan fingerprint density at radius 3 is 3.00 bits per heavy atom. The molecule has 0 spiro atoms. The molecular weight excluding hydrogens is 238 g/mol. The molecule has 0 aromatic heterocycles. The van der Waals surface area contributed by atoms with Crippen molar-refractivity contribution in [1.82, 2.24) is 0 Å². The topological polar surface area (TPSA) is 12.4 Å². The summed E-state index contributed by atoms with van der Waals surface area (Å²) in [6, 6.07) is 0. The average molecular weight is 254 g/mol. The van der Waals surface area contributed by atoms with E-state index in [1.807, 2.05) is 6.21 Å². The number of nitrogens with zero attached hydrogens (tertiary/aromatic N) is 1.